The summed E-state index contributed by atoms with van der Waals surface area (Å²) in [5.74, 6) is 1.95. The fraction of sp³-hybridized carbons (Fsp3) is 0.571. The first-order valence-electron chi connectivity index (χ1n) is 6.30. The summed E-state index contributed by atoms with van der Waals surface area (Å²) >= 11 is 6.15. The quantitative estimate of drug-likeness (QED) is 0.888. The number of nitrogens with one attached hydrogen (secondary N) is 1. The fourth-order valence-corrected chi connectivity index (χ4v) is 2.23. The van der Waals surface area contributed by atoms with Crippen molar-refractivity contribution in [1.29, 1.82) is 0 Å². The van der Waals surface area contributed by atoms with Crippen LogP contribution in [0.15, 0.2) is 18.2 Å². The number of benzene rings is 1. The van der Waals surface area contributed by atoms with E-state index in [-0.39, 0.29) is 0 Å². The third-order valence-corrected chi connectivity index (χ3v) is 3.57. The first kappa shape index (κ1) is 12.7. The summed E-state index contributed by atoms with van der Waals surface area (Å²) in [6.45, 7) is 7.27. The molecular formula is C14H20ClNO. The van der Waals surface area contributed by atoms with Crippen molar-refractivity contribution in [1.82, 2.24) is 5.32 Å². The molecule has 1 aliphatic rings. The van der Waals surface area contributed by atoms with Gasteiger partial charge < -0.3 is 10.1 Å². The Bertz CT molecular complexity index is 372. The van der Waals surface area contributed by atoms with Gasteiger partial charge in [-0.1, -0.05) is 31.5 Å². The zero-order valence-electron chi connectivity index (χ0n) is 10.5. The van der Waals surface area contributed by atoms with Crippen LogP contribution in [0.3, 0.4) is 0 Å². The van der Waals surface area contributed by atoms with Gasteiger partial charge in [-0.25, -0.2) is 0 Å². The van der Waals surface area contributed by atoms with Gasteiger partial charge in [0.2, 0.25) is 0 Å². The van der Waals surface area contributed by atoms with Crippen LogP contribution in [-0.2, 0) is 0 Å². The largest absolute Gasteiger partial charge is 0.492 e. The molecule has 1 saturated heterocycles. The summed E-state index contributed by atoms with van der Waals surface area (Å²) in [6.07, 6.45) is 1.20. The Morgan fingerprint density at radius 1 is 1.47 bits per heavy atom. The third-order valence-electron chi connectivity index (χ3n) is 3.26. The van der Waals surface area contributed by atoms with Crippen molar-refractivity contribution >= 4 is 11.6 Å². The predicted octanol–water partition coefficient (Wildman–Crippen LogP) is 3.45. The summed E-state index contributed by atoms with van der Waals surface area (Å²) in [7, 11) is 0. The van der Waals surface area contributed by atoms with Crippen LogP contribution in [0, 0.1) is 5.92 Å². The first-order valence-corrected chi connectivity index (χ1v) is 6.67. The molecule has 0 spiro atoms. The zero-order valence-corrected chi connectivity index (χ0v) is 11.3. The molecule has 1 aromatic rings. The molecule has 1 atom stereocenters. The lowest BCUT2D eigenvalue weighted by Gasteiger charge is -2.14. The van der Waals surface area contributed by atoms with Gasteiger partial charge in [0, 0.05) is 12.5 Å². The van der Waals surface area contributed by atoms with Crippen molar-refractivity contribution in [3.63, 3.8) is 0 Å². The summed E-state index contributed by atoms with van der Waals surface area (Å²) < 4.78 is 5.84. The lowest BCUT2D eigenvalue weighted by Crippen LogP contribution is -2.15. The van der Waals surface area contributed by atoms with E-state index in [2.05, 4.69) is 31.3 Å². The maximum Gasteiger partial charge on any atom is 0.138 e. The highest BCUT2D eigenvalue weighted by Gasteiger charge is 2.15. The topological polar surface area (TPSA) is 21.3 Å². The van der Waals surface area contributed by atoms with E-state index in [1.165, 1.54) is 12.0 Å². The first-order chi connectivity index (χ1) is 8.16. The normalized spacial score (nSPS) is 19.9. The van der Waals surface area contributed by atoms with Crippen LogP contribution in [-0.4, -0.2) is 19.7 Å². The Kier molecular flexibility index (Phi) is 4.30. The van der Waals surface area contributed by atoms with Gasteiger partial charge in [-0.3, -0.25) is 0 Å². The van der Waals surface area contributed by atoms with E-state index in [9.17, 15) is 0 Å². The smallest absolute Gasteiger partial charge is 0.138 e. The number of halogens is 1. The number of hydrogen-bond acceptors (Lipinski definition) is 2. The molecule has 1 fully saturated rings. The molecule has 0 bridgehead atoms. The highest BCUT2D eigenvalue weighted by Crippen LogP contribution is 2.29. The minimum atomic E-state index is 0.503. The van der Waals surface area contributed by atoms with Crippen LogP contribution < -0.4 is 10.1 Å². The lowest BCUT2D eigenvalue weighted by atomic mass is 10.0. The van der Waals surface area contributed by atoms with Crippen molar-refractivity contribution in [3.8, 4) is 5.75 Å². The van der Waals surface area contributed by atoms with Crippen LogP contribution in [0.5, 0.6) is 5.75 Å². The highest BCUT2D eigenvalue weighted by molar-refractivity contribution is 6.32. The lowest BCUT2D eigenvalue weighted by molar-refractivity contribution is 0.260. The van der Waals surface area contributed by atoms with Crippen molar-refractivity contribution in [2.24, 2.45) is 5.92 Å². The Hall–Kier alpha value is -0.730. The van der Waals surface area contributed by atoms with Gasteiger partial charge in [-0.15, -0.1) is 0 Å². The number of rotatable bonds is 4. The average Bonchev–Trinajstić information content (AvgIpc) is 2.80. The Balaban J connectivity index is 2.00. The monoisotopic (exact) mass is 253 g/mol. The highest BCUT2D eigenvalue weighted by atomic mass is 35.5. The van der Waals surface area contributed by atoms with Crippen LogP contribution >= 0.6 is 11.6 Å². The second-order valence-corrected chi connectivity index (χ2v) is 5.42. The van der Waals surface area contributed by atoms with Gasteiger partial charge in [0.1, 0.15) is 5.75 Å². The minimum Gasteiger partial charge on any atom is -0.492 e. The zero-order chi connectivity index (χ0) is 12.3. The molecule has 0 aliphatic carbocycles. The molecule has 17 heavy (non-hydrogen) atoms. The van der Waals surface area contributed by atoms with Crippen LogP contribution in [0.2, 0.25) is 5.02 Å². The summed E-state index contributed by atoms with van der Waals surface area (Å²) in [6, 6.07) is 6.06. The molecule has 2 rings (SSSR count). The summed E-state index contributed by atoms with van der Waals surface area (Å²) in [5, 5.41) is 4.05. The molecule has 0 radical (unpaired) electrons. The molecule has 1 unspecified atom stereocenters. The van der Waals surface area contributed by atoms with Crippen LogP contribution in [0.4, 0.5) is 0 Å². The van der Waals surface area contributed by atoms with Crippen LogP contribution in [0.25, 0.3) is 0 Å². The van der Waals surface area contributed by atoms with Gasteiger partial charge in [0.05, 0.1) is 11.6 Å². The molecule has 2 nitrogen and oxygen atoms in total. The maximum atomic E-state index is 6.15. The molecule has 1 N–H and O–H groups in total. The van der Waals surface area contributed by atoms with Gasteiger partial charge in [-0.2, -0.15) is 0 Å². The van der Waals surface area contributed by atoms with Crippen molar-refractivity contribution in [2.75, 3.05) is 19.7 Å². The SMILES string of the molecule is CC(C)c1ccc(Cl)c(OCC2CCNC2)c1. The van der Waals surface area contributed by atoms with E-state index in [1.807, 2.05) is 6.07 Å². The Morgan fingerprint density at radius 2 is 2.29 bits per heavy atom. The molecule has 0 amide bonds. The standard InChI is InChI=1S/C14H20ClNO/c1-10(2)12-3-4-13(15)14(7-12)17-9-11-5-6-16-8-11/h3-4,7,10-11,16H,5-6,8-9H2,1-2H3. The fourth-order valence-electron chi connectivity index (χ4n) is 2.05. The van der Waals surface area contributed by atoms with E-state index in [0.29, 0.717) is 16.9 Å². The van der Waals surface area contributed by atoms with Crippen molar-refractivity contribution in [2.45, 2.75) is 26.2 Å². The second kappa shape index (κ2) is 5.74. The summed E-state index contributed by atoms with van der Waals surface area (Å²) in [5.41, 5.74) is 1.27. The molecule has 0 aromatic heterocycles. The van der Waals surface area contributed by atoms with E-state index in [0.717, 1.165) is 25.4 Å². The summed E-state index contributed by atoms with van der Waals surface area (Å²) in [4.78, 5) is 0. The Labute approximate surface area is 108 Å². The van der Waals surface area contributed by atoms with E-state index >= 15 is 0 Å². The van der Waals surface area contributed by atoms with Crippen molar-refractivity contribution < 1.29 is 4.74 Å². The van der Waals surface area contributed by atoms with Gasteiger partial charge in [0.15, 0.2) is 0 Å². The minimum absolute atomic E-state index is 0.503. The molecule has 1 aliphatic heterocycles. The van der Waals surface area contributed by atoms with Gasteiger partial charge >= 0.3 is 0 Å². The Morgan fingerprint density at radius 3 is 2.94 bits per heavy atom. The van der Waals surface area contributed by atoms with Crippen molar-refractivity contribution in [3.05, 3.63) is 28.8 Å². The third kappa shape index (κ3) is 3.36. The predicted molar refractivity (Wildman–Crippen MR) is 72.0 cm³/mol. The van der Waals surface area contributed by atoms with Crippen LogP contribution in [0.1, 0.15) is 31.7 Å². The molecule has 1 aromatic carbocycles. The maximum absolute atomic E-state index is 6.15. The number of ether oxygens (including phenoxy) is 1. The van der Waals surface area contributed by atoms with E-state index in [4.69, 9.17) is 16.3 Å². The second-order valence-electron chi connectivity index (χ2n) is 5.01. The molecule has 1 heterocycles. The van der Waals surface area contributed by atoms with Gasteiger partial charge in [-0.05, 0) is 36.6 Å². The molecule has 3 heteroatoms. The number of hydrogen-bond donors (Lipinski definition) is 1. The average molecular weight is 254 g/mol. The van der Waals surface area contributed by atoms with E-state index in [1.54, 1.807) is 0 Å². The van der Waals surface area contributed by atoms with Gasteiger partial charge in [0.25, 0.3) is 0 Å². The van der Waals surface area contributed by atoms with E-state index < -0.39 is 0 Å². The molecule has 94 valence electrons. The molecule has 0 saturated carbocycles. The molecular weight excluding hydrogens is 234 g/mol.